The summed E-state index contributed by atoms with van der Waals surface area (Å²) in [4.78, 5) is 41.6. The Kier molecular flexibility index (Phi) is 3.44. The van der Waals surface area contributed by atoms with Crippen LogP contribution in [0.3, 0.4) is 0 Å². The summed E-state index contributed by atoms with van der Waals surface area (Å²) in [5, 5.41) is 9.55. The Morgan fingerprint density at radius 2 is 1.42 bits per heavy atom. The Morgan fingerprint density at radius 1 is 0.839 bits per heavy atom. The minimum absolute atomic E-state index is 0.255. The van der Waals surface area contributed by atoms with Gasteiger partial charge in [0.15, 0.2) is 0 Å². The second-order valence-corrected chi connectivity index (χ2v) is 8.28. The number of nitrogens with zero attached hydrogens (tertiary/aromatic N) is 2. The fourth-order valence-electron chi connectivity index (χ4n) is 6.03. The maximum absolute atomic E-state index is 13.8. The van der Waals surface area contributed by atoms with Gasteiger partial charge in [-0.25, -0.2) is 4.90 Å². The monoisotopic (exact) mass is 404 g/mol. The fourth-order valence-corrected chi connectivity index (χ4v) is 6.03. The molecule has 0 radical (unpaired) electrons. The first kappa shape index (κ1) is 17.8. The maximum Gasteiger partial charge on any atom is 0.239 e. The molecule has 148 valence electrons. The van der Waals surface area contributed by atoms with Crippen molar-refractivity contribution in [3.63, 3.8) is 0 Å². The molecule has 3 aromatic rings. The topological polar surface area (TPSA) is 78.2 Å². The maximum atomic E-state index is 13.8. The number of rotatable bonds is 2. The molecule has 3 aromatic carbocycles. The van der Waals surface area contributed by atoms with Gasteiger partial charge in [-0.3, -0.25) is 9.59 Å². The highest BCUT2D eigenvalue weighted by Crippen LogP contribution is 2.63. The van der Waals surface area contributed by atoms with Gasteiger partial charge in [-0.05, 0) is 34.4 Å². The Morgan fingerprint density at radius 3 is 2.03 bits per heavy atom. The van der Waals surface area contributed by atoms with Gasteiger partial charge in [-0.15, -0.1) is 0 Å². The normalized spacial score (nSPS) is 27.3. The molecule has 1 saturated heterocycles. The minimum atomic E-state index is -1.23. The predicted octanol–water partition coefficient (Wildman–Crippen LogP) is 3.31. The molecule has 2 atom stereocenters. The molecule has 1 heterocycles. The molecule has 0 unspecified atom stereocenters. The van der Waals surface area contributed by atoms with E-state index in [4.69, 9.17) is 0 Å². The molecule has 3 aliphatic carbocycles. The van der Waals surface area contributed by atoms with Crippen molar-refractivity contribution in [2.75, 3.05) is 4.90 Å². The average Bonchev–Trinajstić information content (AvgIpc) is 3.09. The summed E-state index contributed by atoms with van der Waals surface area (Å²) in [7, 11) is 0. The summed E-state index contributed by atoms with van der Waals surface area (Å²) < 4.78 is 0. The van der Waals surface area contributed by atoms with E-state index in [1.807, 2.05) is 48.5 Å². The highest BCUT2D eigenvalue weighted by Gasteiger charge is 2.68. The number of hydrogen-bond acceptors (Lipinski definition) is 4. The largest absolute Gasteiger partial charge is 0.302 e. The second-order valence-electron chi connectivity index (χ2n) is 8.28. The highest BCUT2D eigenvalue weighted by molar-refractivity contribution is 6.25. The van der Waals surface area contributed by atoms with Gasteiger partial charge in [0.2, 0.25) is 11.8 Å². The number of anilines is 1. The molecular formula is C26H16N2O3. The van der Waals surface area contributed by atoms with E-state index in [2.05, 4.69) is 6.07 Å². The smallest absolute Gasteiger partial charge is 0.239 e. The van der Waals surface area contributed by atoms with E-state index in [1.165, 1.54) is 0 Å². The molecule has 2 amide bonds. The van der Waals surface area contributed by atoms with Crippen molar-refractivity contribution in [2.45, 2.75) is 11.3 Å². The molecule has 0 N–H and O–H groups in total. The molecule has 7 rings (SSSR count). The molecule has 0 aromatic heterocycles. The van der Waals surface area contributed by atoms with Gasteiger partial charge in [0.05, 0.1) is 28.5 Å². The van der Waals surface area contributed by atoms with E-state index < -0.39 is 23.2 Å². The van der Waals surface area contributed by atoms with Crippen molar-refractivity contribution in [1.29, 1.82) is 5.26 Å². The van der Waals surface area contributed by atoms with E-state index in [1.54, 1.807) is 24.3 Å². The lowest BCUT2D eigenvalue weighted by molar-refractivity contribution is -0.128. The zero-order chi connectivity index (χ0) is 21.3. The Labute approximate surface area is 178 Å². The summed E-state index contributed by atoms with van der Waals surface area (Å²) in [5.41, 5.74) is 2.75. The average molecular weight is 404 g/mol. The molecule has 5 heteroatoms. The van der Waals surface area contributed by atoms with Gasteiger partial charge in [-0.2, -0.15) is 5.26 Å². The van der Waals surface area contributed by atoms with Crippen LogP contribution in [-0.4, -0.2) is 18.1 Å². The van der Waals surface area contributed by atoms with E-state index in [0.29, 0.717) is 0 Å². The number of para-hydroxylation sites is 1. The summed E-state index contributed by atoms with van der Waals surface area (Å²) in [6.45, 7) is 0. The van der Waals surface area contributed by atoms with Crippen molar-refractivity contribution in [1.82, 2.24) is 0 Å². The standard InChI is InChI=1S/C26H16N2O3/c27-13-15-7-1-6-12-20(15)28-24(30)22-21-16-8-2-4-10-18(16)26(14-29,23(22)25(28)31)19-11-5-3-9-17(19)21/h1-12,14,21-23H/t21?,22-,23+,26?/m1/s1. The number of imide groups is 1. The number of aldehydes is 1. The number of benzene rings is 3. The summed E-state index contributed by atoms with van der Waals surface area (Å²) in [5.74, 6) is -2.60. The third-order valence-corrected chi connectivity index (χ3v) is 7.14. The molecule has 4 aliphatic rings. The number of carbonyl (C=O) groups is 3. The van der Waals surface area contributed by atoms with Crippen LogP contribution in [0.5, 0.6) is 0 Å². The zero-order valence-electron chi connectivity index (χ0n) is 16.4. The van der Waals surface area contributed by atoms with E-state index >= 15 is 0 Å². The number of carbonyl (C=O) groups excluding carboxylic acids is 3. The van der Waals surface area contributed by atoms with Crippen LogP contribution in [0.2, 0.25) is 0 Å². The van der Waals surface area contributed by atoms with Crippen molar-refractivity contribution < 1.29 is 14.4 Å². The van der Waals surface area contributed by atoms with E-state index in [0.717, 1.165) is 33.4 Å². The van der Waals surface area contributed by atoms with Crippen LogP contribution < -0.4 is 4.90 Å². The van der Waals surface area contributed by atoms with Gasteiger partial charge in [0.1, 0.15) is 12.4 Å². The summed E-state index contributed by atoms with van der Waals surface area (Å²) in [6, 6.07) is 23.9. The zero-order valence-corrected chi connectivity index (χ0v) is 16.4. The van der Waals surface area contributed by atoms with Gasteiger partial charge < -0.3 is 4.79 Å². The lowest BCUT2D eigenvalue weighted by Gasteiger charge is -2.51. The lowest BCUT2D eigenvalue weighted by atomic mass is 9.48. The first-order valence-corrected chi connectivity index (χ1v) is 10.2. The quantitative estimate of drug-likeness (QED) is 0.485. The molecule has 0 spiro atoms. The predicted molar refractivity (Wildman–Crippen MR) is 112 cm³/mol. The lowest BCUT2D eigenvalue weighted by Crippen LogP contribution is -2.54. The molecule has 31 heavy (non-hydrogen) atoms. The van der Waals surface area contributed by atoms with Gasteiger partial charge in [0, 0.05) is 5.92 Å². The SMILES string of the molecule is N#Cc1ccccc1N1C(=O)[C@@H]2C3c4ccccc4C(C=O)(c4ccccc43)[C@@H]2C1=O. The molecule has 5 nitrogen and oxygen atoms in total. The van der Waals surface area contributed by atoms with Crippen LogP contribution in [0.25, 0.3) is 0 Å². The van der Waals surface area contributed by atoms with Crippen LogP contribution >= 0.6 is 0 Å². The Hall–Kier alpha value is -4.04. The van der Waals surface area contributed by atoms with Crippen LogP contribution in [-0.2, 0) is 19.8 Å². The Bertz CT molecular complexity index is 1310. The number of hydrogen-bond donors (Lipinski definition) is 0. The van der Waals surface area contributed by atoms with Crippen LogP contribution in [0, 0.1) is 23.2 Å². The van der Waals surface area contributed by atoms with Crippen molar-refractivity contribution >= 4 is 23.8 Å². The fraction of sp³-hybridized carbons (Fsp3) is 0.154. The molecule has 1 aliphatic heterocycles. The minimum Gasteiger partial charge on any atom is -0.302 e. The summed E-state index contributed by atoms with van der Waals surface area (Å²) in [6.07, 6.45) is 0.850. The third-order valence-electron chi connectivity index (χ3n) is 7.14. The van der Waals surface area contributed by atoms with Crippen molar-refractivity contribution in [3.05, 3.63) is 101 Å². The molecule has 2 bridgehead atoms. The molecular weight excluding hydrogens is 388 g/mol. The highest BCUT2D eigenvalue weighted by atomic mass is 16.2. The number of nitriles is 1. The summed E-state index contributed by atoms with van der Waals surface area (Å²) >= 11 is 0. The van der Waals surface area contributed by atoms with Crippen LogP contribution in [0.4, 0.5) is 5.69 Å². The number of amides is 2. The molecule has 0 saturated carbocycles. The second kappa shape index (κ2) is 5.99. The third kappa shape index (κ3) is 1.93. The van der Waals surface area contributed by atoms with Crippen molar-refractivity contribution in [2.24, 2.45) is 11.8 Å². The molecule has 1 fully saturated rings. The first-order valence-electron chi connectivity index (χ1n) is 10.2. The van der Waals surface area contributed by atoms with E-state index in [-0.39, 0.29) is 23.1 Å². The first-order chi connectivity index (χ1) is 15.1. The van der Waals surface area contributed by atoms with Gasteiger partial charge in [0.25, 0.3) is 0 Å². The Balaban J connectivity index is 1.66. The van der Waals surface area contributed by atoms with Gasteiger partial charge in [-0.1, -0.05) is 60.7 Å². The van der Waals surface area contributed by atoms with E-state index in [9.17, 15) is 19.6 Å². The van der Waals surface area contributed by atoms with Crippen LogP contribution in [0.15, 0.2) is 72.8 Å². The van der Waals surface area contributed by atoms with Crippen molar-refractivity contribution in [3.8, 4) is 6.07 Å². The van der Waals surface area contributed by atoms with Crippen LogP contribution in [0.1, 0.15) is 33.7 Å². The van der Waals surface area contributed by atoms with Gasteiger partial charge >= 0.3 is 0 Å².